The van der Waals surface area contributed by atoms with E-state index < -0.39 is 0 Å². The summed E-state index contributed by atoms with van der Waals surface area (Å²) in [5.41, 5.74) is 0.991. The molecule has 4 nitrogen and oxygen atoms in total. The second-order valence-electron chi connectivity index (χ2n) is 6.75. The van der Waals surface area contributed by atoms with Gasteiger partial charge >= 0.3 is 0 Å². The molecule has 4 rings (SSSR count). The molecule has 2 heterocycles. The fourth-order valence-electron chi connectivity index (χ4n) is 3.98. The Kier molecular flexibility index (Phi) is 3.33. The van der Waals surface area contributed by atoms with Crippen LogP contribution >= 0.6 is 0 Å². The zero-order valence-corrected chi connectivity index (χ0v) is 12.5. The van der Waals surface area contributed by atoms with Gasteiger partial charge in [-0.25, -0.2) is 4.39 Å². The molecule has 1 aromatic carbocycles. The minimum Gasteiger partial charge on any atom is -0.493 e. The highest BCUT2D eigenvalue weighted by Gasteiger charge is 2.57. The number of piperidine rings is 1. The normalized spacial score (nSPS) is 28.6. The predicted molar refractivity (Wildman–Crippen MR) is 80.0 cm³/mol. The molecule has 1 aromatic rings. The van der Waals surface area contributed by atoms with Crippen LogP contribution in [-0.2, 0) is 4.79 Å². The molecule has 0 radical (unpaired) electrons. The largest absolute Gasteiger partial charge is 0.493 e. The summed E-state index contributed by atoms with van der Waals surface area (Å²) in [5.74, 6) is 0.661. The summed E-state index contributed by atoms with van der Waals surface area (Å²) in [4.78, 5) is 12.6. The van der Waals surface area contributed by atoms with Crippen LogP contribution in [0.25, 0.3) is 0 Å². The van der Waals surface area contributed by atoms with E-state index in [1.807, 2.05) is 0 Å². The molecule has 22 heavy (non-hydrogen) atoms. The summed E-state index contributed by atoms with van der Waals surface area (Å²) in [7, 11) is 0. The first-order valence-corrected chi connectivity index (χ1v) is 8.11. The summed E-state index contributed by atoms with van der Waals surface area (Å²) in [5, 5.41) is 6.48. The van der Waals surface area contributed by atoms with Crippen molar-refractivity contribution in [2.75, 3.05) is 19.7 Å². The smallest absolute Gasteiger partial charge is 0.224 e. The van der Waals surface area contributed by atoms with Crippen molar-refractivity contribution in [1.82, 2.24) is 10.6 Å². The summed E-state index contributed by atoms with van der Waals surface area (Å²) < 4.78 is 19.0. The van der Waals surface area contributed by atoms with Crippen LogP contribution in [0.3, 0.4) is 0 Å². The van der Waals surface area contributed by atoms with Gasteiger partial charge in [-0.05, 0) is 56.0 Å². The standard InChI is InChI=1S/C17H21FN2O2/c18-11-1-2-15-12(9-11)14(3-8-22-15)20-16(21)13-10-17(13)4-6-19-7-5-17/h1-2,9,13-14,19H,3-8,10H2,(H,20,21). The maximum atomic E-state index is 13.5. The number of benzene rings is 1. The second kappa shape index (κ2) is 5.23. The Bertz CT molecular complexity index is 598. The van der Waals surface area contributed by atoms with Gasteiger partial charge < -0.3 is 15.4 Å². The first-order chi connectivity index (χ1) is 10.7. The van der Waals surface area contributed by atoms with Crippen LogP contribution in [0.2, 0.25) is 0 Å². The van der Waals surface area contributed by atoms with Gasteiger partial charge in [0.2, 0.25) is 5.91 Å². The van der Waals surface area contributed by atoms with E-state index in [1.54, 1.807) is 6.07 Å². The first kappa shape index (κ1) is 14.0. The molecule has 1 saturated heterocycles. The predicted octanol–water partition coefficient (Wildman–Crippen LogP) is 2.16. The van der Waals surface area contributed by atoms with E-state index in [1.165, 1.54) is 12.1 Å². The van der Waals surface area contributed by atoms with Crippen molar-refractivity contribution in [2.24, 2.45) is 11.3 Å². The molecule has 2 atom stereocenters. The number of nitrogens with one attached hydrogen (secondary N) is 2. The Balaban J connectivity index is 1.46. The van der Waals surface area contributed by atoms with Crippen LogP contribution in [0.15, 0.2) is 18.2 Å². The quantitative estimate of drug-likeness (QED) is 0.880. The summed E-state index contributed by atoms with van der Waals surface area (Å²) >= 11 is 0. The molecule has 5 heteroatoms. The molecule has 1 aliphatic carbocycles. The molecule has 1 saturated carbocycles. The average molecular weight is 304 g/mol. The zero-order chi connectivity index (χ0) is 15.2. The van der Waals surface area contributed by atoms with Crippen LogP contribution in [0.5, 0.6) is 5.75 Å². The van der Waals surface area contributed by atoms with Crippen molar-refractivity contribution in [3.05, 3.63) is 29.6 Å². The molecule has 3 aliphatic rings. The van der Waals surface area contributed by atoms with Crippen molar-refractivity contribution >= 4 is 5.91 Å². The van der Waals surface area contributed by atoms with Gasteiger partial charge in [0, 0.05) is 17.9 Å². The Labute approximate surface area is 129 Å². The highest BCUT2D eigenvalue weighted by atomic mass is 19.1. The fourth-order valence-corrected chi connectivity index (χ4v) is 3.98. The Hall–Kier alpha value is -1.62. The summed E-state index contributed by atoms with van der Waals surface area (Å²) in [6.07, 6.45) is 3.87. The van der Waals surface area contributed by atoms with Gasteiger partial charge in [-0.1, -0.05) is 0 Å². The van der Waals surface area contributed by atoms with Crippen molar-refractivity contribution in [2.45, 2.75) is 31.7 Å². The number of halogens is 1. The van der Waals surface area contributed by atoms with Gasteiger partial charge in [0.15, 0.2) is 0 Å². The highest BCUT2D eigenvalue weighted by molar-refractivity contribution is 5.83. The molecule has 118 valence electrons. The van der Waals surface area contributed by atoms with Crippen LogP contribution in [-0.4, -0.2) is 25.6 Å². The lowest BCUT2D eigenvalue weighted by Crippen LogP contribution is -2.36. The lowest BCUT2D eigenvalue weighted by molar-refractivity contribution is -0.124. The molecule has 1 spiro atoms. The SMILES string of the molecule is O=C(NC1CCOc2ccc(F)cc21)C1CC12CCNCC2. The lowest BCUT2D eigenvalue weighted by atomic mass is 9.91. The van der Waals surface area contributed by atoms with Gasteiger partial charge in [-0.3, -0.25) is 4.79 Å². The number of carbonyl (C=O) groups is 1. The summed E-state index contributed by atoms with van der Waals surface area (Å²) in [6.45, 7) is 2.58. The minimum absolute atomic E-state index is 0.129. The molecule has 1 amide bonds. The Morgan fingerprint density at radius 1 is 1.36 bits per heavy atom. The van der Waals surface area contributed by atoms with Crippen molar-refractivity contribution in [1.29, 1.82) is 0 Å². The maximum absolute atomic E-state index is 13.5. The van der Waals surface area contributed by atoms with Crippen LogP contribution in [0.4, 0.5) is 4.39 Å². The number of hydrogen-bond acceptors (Lipinski definition) is 3. The maximum Gasteiger partial charge on any atom is 0.224 e. The van der Waals surface area contributed by atoms with Gasteiger partial charge in [0.1, 0.15) is 11.6 Å². The Morgan fingerprint density at radius 2 is 2.18 bits per heavy atom. The average Bonchev–Trinajstić information content (AvgIpc) is 3.22. The van der Waals surface area contributed by atoms with Crippen LogP contribution < -0.4 is 15.4 Å². The van der Waals surface area contributed by atoms with Gasteiger partial charge in [-0.2, -0.15) is 0 Å². The molecule has 2 N–H and O–H groups in total. The molecule has 0 aromatic heterocycles. The first-order valence-electron chi connectivity index (χ1n) is 8.11. The van der Waals surface area contributed by atoms with E-state index in [-0.39, 0.29) is 29.1 Å². The molecule has 2 unspecified atom stereocenters. The van der Waals surface area contributed by atoms with Gasteiger partial charge in [0.05, 0.1) is 12.6 Å². The Morgan fingerprint density at radius 3 is 3.00 bits per heavy atom. The van der Waals surface area contributed by atoms with E-state index in [0.717, 1.165) is 37.9 Å². The van der Waals surface area contributed by atoms with Crippen molar-refractivity contribution < 1.29 is 13.9 Å². The minimum atomic E-state index is -0.287. The van der Waals surface area contributed by atoms with E-state index in [4.69, 9.17) is 4.74 Å². The van der Waals surface area contributed by atoms with Gasteiger partial charge in [0.25, 0.3) is 0 Å². The third kappa shape index (κ3) is 2.37. The second-order valence-corrected chi connectivity index (χ2v) is 6.75. The molecular weight excluding hydrogens is 283 g/mol. The fraction of sp³-hybridized carbons (Fsp3) is 0.588. The van der Waals surface area contributed by atoms with Crippen LogP contribution in [0, 0.1) is 17.2 Å². The lowest BCUT2D eigenvalue weighted by Gasteiger charge is -2.28. The monoisotopic (exact) mass is 304 g/mol. The number of carbonyl (C=O) groups excluding carboxylic acids is 1. The van der Waals surface area contributed by atoms with Crippen LogP contribution in [0.1, 0.15) is 37.3 Å². The number of fused-ring (bicyclic) bond motifs is 1. The molecular formula is C17H21FN2O2. The molecule has 2 aliphatic heterocycles. The highest BCUT2D eigenvalue weighted by Crippen LogP contribution is 2.58. The van der Waals surface area contributed by atoms with Crippen molar-refractivity contribution in [3.63, 3.8) is 0 Å². The van der Waals surface area contributed by atoms with E-state index >= 15 is 0 Å². The third-order valence-electron chi connectivity index (χ3n) is 5.43. The number of rotatable bonds is 2. The molecule has 0 bridgehead atoms. The van der Waals surface area contributed by atoms with E-state index in [9.17, 15) is 9.18 Å². The summed E-state index contributed by atoms with van der Waals surface area (Å²) in [6, 6.07) is 4.39. The van der Waals surface area contributed by atoms with E-state index in [2.05, 4.69) is 10.6 Å². The van der Waals surface area contributed by atoms with Gasteiger partial charge in [-0.15, -0.1) is 0 Å². The topological polar surface area (TPSA) is 50.4 Å². The zero-order valence-electron chi connectivity index (χ0n) is 12.5. The van der Waals surface area contributed by atoms with Crippen molar-refractivity contribution in [3.8, 4) is 5.75 Å². The number of amides is 1. The van der Waals surface area contributed by atoms with E-state index in [0.29, 0.717) is 18.8 Å². The molecule has 2 fully saturated rings. The number of hydrogen-bond donors (Lipinski definition) is 2. The third-order valence-corrected chi connectivity index (χ3v) is 5.43. The number of ether oxygens (including phenoxy) is 1.